The number of hydrogen-bond acceptors (Lipinski definition) is 5. The lowest BCUT2D eigenvalue weighted by Gasteiger charge is -2.19. The summed E-state index contributed by atoms with van der Waals surface area (Å²) < 4.78 is 7.18. The second-order valence-corrected chi connectivity index (χ2v) is 7.37. The minimum Gasteiger partial charge on any atom is -0.496 e. The molecular formula is C19H25N5O2. The van der Waals surface area contributed by atoms with Crippen molar-refractivity contribution >= 4 is 17.0 Å². The maximum absolute atomic E-state index is 12.3. The molecule has 0 atom stereocenters. The summed E-state index contributed by atoms with van der Waals surface area (Å²) in [6.45, 7) is 8.76. The second-order valence-electron chi connectivity index (χ2n) is 7.37. The fraction of sp³-hybridized carbons (Fsp3) is 0.421. The van der Waals surface area contributed by atoms with E-state index in [1.54, 1.807) is 18.0 Å². The summed E-state index contributed by atoms with van der Waals surface area (Å²) in [7, 11) is 1.67. The van der Waals surface area contributed by atoms with Gasteiger partial charge in [-0.1, -0.05) is 17.7 Å². The highest BCUT2D eigenvalue weighted by Crippen LogP contribution is 2.21. The van der Waals surface area contributed by atoms with Crippen molar-refractivity contribution in [2.75, 3.05) is 19.0 Å². The number of H-pyrrole nitrogens is 1. The minimum atomic E-state index is -0.255. The van der Waals surface area contributed by atoms with Crippen LogP contribution < -0.4 is 15.6 Å². The van der Waals surface area contributed by atoms with Gasteiger partial charge in [0, 0.05) is 6.54 Å². The Kier molecular flexibility index (Phi) is 4.71. The van der Waals surface area contributed by atoms with E-state index in [0.29, 0.717) is 23.5 Å². The van der Waals surface area contributed by atoms with E-state index in [-0.39, 0.29) is 11.1 Å². The van der Waals surface area contributed by atoms with Gasteiger partial charge in [-0.05, 0) is 45.7 Å². The third kappa shape index (κ3) is 3.56. The van der Waals surface area contributed by atoms with Crippen molar-refractivity contribution in [3.63, 3.8) is 0 Å². The molecule has 7 heteroatoms. The maximum Gasteiger partial charge on any atom is 0.263 e. The molecule has 0 saturated carbocycles. The lowest BCUT2D eigenvalue weighted by molar-refractivity contribution is 0.366. The van der Waals surface area contributed by atoms with Crippen molar-refractivity contribution in [1.29, 1.82) is 0 Å². The number of aryl methyl sites for hydroxylation is 1. The van der Waals surface area contributed by atoms with Crippen LogP contribution in [0.4, 0.5) is 5.95 Å². The smallest absolute Gasteiger partial charge is 0.263 e. The van der Waals surface area contributed by atoms with E-state index in [2.05, 4.69) is 33.4 Å². The fourth-order valence-electron chi connectivity index (χ4n) is 2.91. The molecule has 138 valence electrons. The average molecular weight is 355 g/mol. The van der Waals surface area contributed by atoms with E-state index in [1.807, 2.05) is 32.9 Å². The van der Waals surface area contributed by atoms with Crippen LogP contribution >= 0.6 is 0 Å². The van der Waals surface area contributed by atoms with Crippen molar-refractivity contribution < 1.29 is 4.74 Å². The number of hydrogen-bond donors (Lipinski definition) is 2. The monoisotopic (exact) mass is 355 g/mol. The van der Waals surface area contributed by atoms with Crippen LogP contribution in [0.3, 0.4) is 0 Å². The molecule has 0 aliphatic rings. The van der Waals surface area contributed by atoms with E-state index in [9.17, 15) is 4.79 Å². The van der Waals surface area contributed by atoms with Gasteiger partial charge < -0.3 is 10.1 Å². The largest absolute Gasteiger partial charge is 0.496 e. The zero-order valence-electron chi connectivity index (χ0n) is 15.9. The number of rotatable bonds is 5. The first-order chi connectivity index (χ1) is 12.3. The summed E-state index contributed by atoms with van der Waals surface area (Å²) in [5.41, 5.74) is 2.43. The Morgan fingerprint density at radius 3 is 2.77 bits per heavy atom. The third-order valence-electron chi connectivity index (χ3n) is 4.20. The molecule has 3 aromatic rings. The summed E-state index contributed by atoms with van der Waals surface area (Å²) in [4.78, 5) is 19.6. The average Bonchev–Trinajstić information content (AvgIpc) is 3.00. The fourth-order valence-corrected chi connectivity index (χ4v) is 2.91. The molecule has 0 aliphatic heterocycles. The van der Waals surface area contributed by atoms with E-state index < -0.39 is 0 Å². The van der Waals surface area contributed by atoms with Gasteiger partial charge in [-0.2, -0.15) is 10.1 Å². The lowest BCUT2D eigenvalue weighted by atomic mass is 10.1. The Labute approximate surface area is 152 Å². The number of benzene rings is 1. The third-order valence-corrected chi connectivity index (χ3v) is 4.20. The molecule has 0 saturated heterocycles. The normalized spacial score (nSPS) is 11.7. The van der Waals surface area contributed by atoms with Crippen LogP contribution in [0.25, 0.3) is 11.0 Å². The molecule has 0 radical (unpaired) electrons. The van der Waals surface area contributed by atoms with Crippen LogP contribution in [0, 0.1) is 6.92 Å². The first kappa shape index (κ1) is 18.0. The summed E-state index contributed by atoms with van der Waals surface area (Å²) in [6.07, 6.45) is 2.32. The van der Waals surface area contributed by atoms with E-state index in [4.69, 9.17) is 4.74 Å². The Morgan fingerprint density at radius 1 is 1.31 bits per heavy atom. The van der Waals surface area contributed by atoms with Crippen molar-refractivity contribution in [3.8, 4) is 5.75 Å². The van der Waals surface area contributed by atoms with Gasteiger partial charge in [-0.25, -0.2) is 4.68 Å². The molecule has 0 unspecified atom stereocenters. The number of nitrogens with one attached hydrogen (secondary N) is 2. The van der Waals surface area contributed by atoms with E-state index in [0.717, 1.165) is 17.7 Å². The minimum absolute atomic E-state index is 0.193. The zero-order chi connectivity index (χ0) is 18.9. The Bertz CT molecular complexity index is 982. The van der Waals surface area contributed by atoms with Gasteiger partial charge >= 0.3 is 0 Å². The summed E-state index contributed by atoms with van der Waals surface area (Å²) in [6, 6.07) is 6.10. The van der Waals surface area contributed by atoms with E-state index in [1.165, 1.54) is 5.56 Å². The number of aromatic nitrogens is 4. The molecule has 0 aliphatic carbocycles. The first-order valence-electron chi connectivity index (χ1n) is 8.65. The van der Waals surface area contributed by atoms with E-state index >= 15 is 0 Å². The van der Waals surface area contributed by atoms with Gasteiger partial charge in [0.05, 0.1) is 18.8 Å². The Hall–Kier alpha value is -2.83. The van der Waals surface area contributed by atoms with Crippen LogP contribution in [-0.4, -0.2) is 33.4 Å². The van der Waals surface area contributed by atoms with Crippen LogP contribution in [-0.2, 0) is 12.0 Å². The molecule has 3 rings (SSSR count). The standard InChI is InChI=1S/C19H25N5O2/c1-12-6-7-15(26-5)13(10-12)8-9-20-18-22-16-14(17(25)23-18)11-21-24(16)19(2,3)4/h6-7,10-11H,8-9H2,1-5H3,(H2,20,22,23,25). The summed E-state index contributed by atoms with van der Waals surface area (Å²) >= 11 is 0. The summed E-state index contributed by atoms with van der Waals surface area (Å²) in [5.74, 6) is 1.31. The second kappa shape index (κ2) is 6.82. The van der Waals surface area contributed by atoms with Crippen LogP contribution in [0.1, 0.15) is 31.9 Å². The van der Waals surface area contributed by atoms with Crippen molar-refractivity contribution in [3.05, 3.63) is 45.9 Å². The topological polar surface area (TPSA) is 84.8 Å². The van der Waals surface area contributed by atoms with Crippen molar-refractivity contribution in [2.45, 2.75) is 39.7 Å². The molecule has 0 spiro atoms. The van der Waals surface area contributed by atoms with Gasteiger partial charge in [0.25, 0.3) is 5.56 Å². The predicted molar refractivity (Wildman–Crippen MR) is 103 cm³/mol. The molecular weight excluding hydrogens is 330 g/mol. The van der Waals surface area contributed by atoms with Gasteiger partial charge in [0.1, 0.15) is 11.1 Å². The number of anilines is 1. The maximum atomic E-state index is 12.3. The van der Waals surface area contributed by atoms with Gasteiger partial charge in [-0.15, -0.1) is 0 Å². The van der Waals surface area contributed by atoms with Crippen molar-refractivity contribution in [1.82, 2.24) is 19.7 Å². The first-order valence-corrected chi connectivity index (χ1v) is 8.65. The number of nitrogens with zero attached hydrogens (tertiary/aromatic N) is 3. The quantitative estimate of drug-likeness (QED) is 0.735. The van der Waals surface area contributed by atoms with Crippen LogP contribution in [0.5, 0.6) is 5.75 Å². The Balaban J connectivity index is 1.82. The van der Waals surface area contributed by atoms with Gasteiger partial charge in [-0.3, -0.25) is 9.78 Å². The van der Waals surface area contributed by atoms with Crippen molar-refractivity contribution in [2.24, 2.45) is 0 Å². The lowest BCUT2D eigenvalue weighted by Crippen LogP contribution is -2.24. The molecule has 2 heterocycles. The molecule has 26 heavy (non-hydrogen) atoms. The highest BCUT2D eigenvalue weighted by molar-refractivity contribution is 5.74. The molecule has 2 aromatic heterocycles. The number of ether oxygens (including phenoxy) is 1. The van der Waals surface area contributed by atoms with Crippen LogP contribution in [0.2, 0.25) is 0 Å². The molecule has 7 nitrogen and oxygen atoms in total. The van der Waals surface area contributed by atoms with Gasteiger partial charge in [0.2, 0.25) is 5.95 Å². The predicted octanol–water partition coefficient (Wildman–Crippen LogP) is 2.85. The zero-order valence-corrected chi connectivity index (χ0v) is 15.9. The highest BCUT2D eigenvalue weighted by atomic mass is 16.5. The number of aromatic amines is 1. The molecule has 2 N–H and O–H groups in total. The van der Waals surface area contributed by atoms with Crippen LogP contribution in [0.15, 0.2) is 29.2 Å². The number of fused-ring (bicyclic) bond motifs is 1. The SMILES string of the molecule is COc1ccc(C)cc1CCNc1nc2c(cnn2C(C)(C)C)c(=O)[nH]1. The molecule has 0 fully saturated rings. The molecule has 0 bridgehead atoms. The summed E-state index contributed by atoms with van der Waals surface area (Å²) in [5, 5.41) is 8.01. The molecule has 1 aromatic carbocycles. The number of methoxy groups -OCH3 is 1. The van der Waals surface area contributed by atoms with Gasteiger partial charge in [0.15, 0.2) is 5.65 Å². The Morgan fingerprint density at radius 2 is 2.08 bits per heavy atom. The molecule has 0 amide bonds. The highest BCUT2D eigenvalue weighted by Gasteiger charge is 2.19.